The topological polar surface area (TPSA) is 58.4 Å². The molecule has 1 amide bonds. The zero-order valence-electron chi connectivity index (χ0n) is 9.12. The van der Waals surface area contributed by atoms with Crippen LogP contribution in [0.4, 0.5) is 0 Å². The first-order valence-corrected chi connectivity index (χ1v) is 5.39. The van der Waals surface area contributed by atoms with Crippen molar-refractivity contribution >= 4 is 5.91 Å². The third kappa shape index (κ3) is 3.64. The van der Waals surface area contributed by atoms with Gasteiger partial charge in [0.2, 0.25) is 5.91 Å². The number of amides is 1. The van der Waals surface area contributed by atoms with Crippen LogP contribution in [0.25, 0.3) is 0 Å². The number of likely N-dealkylation sites (tertiary alicyclic amines) is 1. The molecule has 1 saturated heterocycles. The van der Waals surface area contributed by atoms with Crippen LogP contribution < -0.4 is 11.1 Å². The highest BCUT2D eigenvalue weighted by molar-refractivity contribution is 5.78. The van der Waals surface area contributed by atoms with Gasteiger partial charge in [-0.25, -0.2) is 0 Å². The van der Waals surface area contributed by atoms with Crippen molar-refractivity contribution in [1.82, 2.24) is 10.2 Å². The standard InChI is InChI=1S/C10H21N3O/c1-3-8(2)12-10(14)7-13-5-4-9(11)6-13/h8-9H,3-7,11H2,1-2H3,(H,12,14)/t8-,9+/m1/s1. The third-order valence-corrected chi connectivity index (χ3v) is 2.70. The van der Waals surface area contributed by atoms with E-state index in [0.717, 1.165) is 25.9 Å². The summed E-state index contributed by atoms with van der Waals surface area (Å²) >= 11 is 0. The van der Waals surface area contributed by atoms with Gasteiger partial charge in [0.1, 0.15) is 0 Å². The number of nitrogens with two attached hydrogens (primary N) is 1. The number of carbonyl (C=O) groups is 1. The van der Waals surface area contributed by atoms with Crippen molar-refractivity contribution in [3.05, 3.63) is 0 Å². The molecule has 4 heteroatoms. The Morgan fingerprint density at radius 3 is 2.93 bits per heavy atom. The number of carbonyl (C=O) groups excluding carboxylic acids is 1. The van der Waals surface area contributed by atoms with E-state index in [1.54, 1.807) is 0 Å². The van der Waals surface area contributed by atoms with Crippen LogP contribution in [0.15, 0.2) is 0 Å². The van der Waals surface area contributed by atoms with Gasteiger partial charge in [0, 0.05) is 25.2 Å². The molecule has 0 unspecified atom stereocenters. The molecular formula is C10H21N3O. The molecule has 1 rings (SSSR count). The fourth-order valence-electron chi connectivity index (χ4n) is 1.63. The van der Waals surface area contributed by atoms with Crippen molar-refractivity contribution in [3.63, 3.8) is 0 Å². The summed E-state index contributed by atoms with van der Waals surface area (Å²) in [5, 5.41) is 2.95. The molecule has 0 aliphatic carbocycles. The van der Waals surface area contributed by atoms with E-state index in [0.29, 0.717) is 6.54 Å². The first-order valence-electron chi connectivity index (χ1n) is 5.39. The molecule has 0 radical (unpaired) electrons. The second-order valence-corrected chi connectivity index (χ2v) is 4.16. The maximum Gasteiger partial charge on any atom is 0.234 e. The van der Waals surface area contributed by atoms with Gasteiger partial charge in [0.25, 0.3) is 0 Å². The minimum Gasteiger partial charge on any atom is -0.353 e. The van der Waals surface area contributed by atoms with Crippen molar-refractivity contribution in [2.24, 2.45) is 5.73 Å². The summed E-state index contributed by atoms with van der Waals surface area (Å²) in [6.07, 6.45) is 1.99. The van der Waals surface area contributed by atoms with Gasteiger partial charge in [-0.05, 0) is 19.8 Å². The van der Waals surface area contributed by atoms with Crippen molar-refractivity contribution < 1.29 is 4.79 Å². The Kier molecular flexibility index (Phi) is 4.35. The molecule has 2 atom stereocenters. The highest BCUT2D eigenvalue weighted by atomic mass is 16.2. The van der Waals surface area contributed by atoms with Crippen LogP contribution in [-0.4, -0.2) is 42.5 Å². The summed E-state index contributed by atoms with van der Waals surface area (Å²) in [6, 6.07) is 0.533. The van der Waals surface area contributed by atoms with Crippen LogP contribution >= 0.6 is 0 Å². The molecule has 14 heavy (non-hydrogen) atoms. The Balaban J connectivity index is 2.20. The number of hydrogen-bond acceptors (Lipinski definition) is 3. The molecule has 3 N–H and O–H groups in total. The highest BCUT2D eigenvalue weighted by Crippen LogP contribution is 2.05. The van der Waals surface area contributed by atoms with Gasteiger partial charge in [-0.1, -0.05) is 6.92 Å². The largest absolute Gasteiger partial charge is 0.353 e. The molecule has 1 aliphatic rings. The average molecular weight is 199 g/mol. The zero-order chi connectivity index (χ0) is 10.6. The van der Waals surface area contributed by atoms with Crippen molar-refractivity contribution in [1.29, 1.82) is 0 Å². The summed E-state index contributed by atoms with van der Waals surface area (Å²) in [5.74, 6) is 0.119. The van der Waals surface area contributed by atoms with Crippen molar-refractivity contribution in [2.75, 3.05) is 19.6 Å². The average Bonchev–Trinajstić information content (AvgIpc) is 2.50. The Hall–Kier alpha value is -0.610. The predicted octanol–water partition coefficient (Wildman–Crippen LogP) is -0.0659. The van der Waals surface area contributed by atoms with Gasteiger partial charge in [-0.2, -0.15) is 0 Å². The molecular weight excluding hydrogens is 178 g/mol. The lowest BCUT2D eigenvalue weighted by molar-refractivity contribution is -0.122. The second kappa shape index (κ2) is 5.32. The highest BCUT2D eigenvalue weighted by Gasteiger charge is 2.21. The van der Waals surface area contributed by atoms with Gasteiger partial charge in [0.05, 0.1) is 6.54 Å². The second-order valence-electron chi connectivity index (χ2n) is 4.16. The number of hydrogen-bond donors (Lipinski definition) is 2. The van der Waals surface area contributed by atoms with E-state index in [9.17, 15) is 4.79 Å². The normalized spacial score (nSPS) is 24.9. The predicted molar refractivity (Wildman–Crippen MR) is 56.9 cm³/mol. The van der Waals surface area contributed by atoms with E-state index in [4.69, 9.17) is 5.73 Å². The molecule has 0 saturated carbocycles. The van der Waals surface area contributed by atoms with Crippen LogP contribution in [-0.2, 0) is 4.79 Å². The molecule has 1 heterocycles. The zero-order valence-corrected chi connectivity index (χ0v) is 9.12. The third-order valence-electron chi connectivity index (χ3n) is 2.70. The van der Waals surface area contributed by atoms with E-state index in [2.05, 4.69) is 17.1 Å². The minimum absolute atomic E-state index is 0.119. The van der Waals surface area contributed by atoms with Gasteiger partial charge >= 0.3 is 0 Å². The molecule has 0 spiro atoms. The summed E-state index contributed by atoms with van der Waals surface area (Å²) in [6.45, 7) is 6.39. The number of rotatable bonds is 4. The first kappa shape index (κ1) is 11.5. The van der Waals surface area contributed by atoms with E-state index >= 15 is 0 Å². The molecule has 0 aromatic rings. The van der Waals surface area contributed by atoms with Crippen LogP contribution in [0.2, 0.25) is 0 Å². The molecule has 1 fully saturated rings. The summed E-state index contributed by atoms with van der Waals surface area (Å²) in [4.78, 5) is 13.6. The Morgan fingerprint density at radius 1 is 1.71 bits per heavy atom. The van der Waals surface area contributed by atoms with E-state index in [1.165, 1.54) is 0 Å². The fraction of sp³-hybridized carbons (Fsp3) is 0.900. The van der Waals surface area contributed by atoms with Gasteiger partial charge in [-0.3, -0.25) is 9.69 Å². The minimum atomic E-state index is 0.119. The van der Waals surface area contributed by atoms with Crippen LogP contribution in [0, 0.1) is 0 Å². The Bertz CT molecular complexity index is 196. The van der Waals surface area contributed by atoms with Gasteiger partial charge < -0.3 is 11.1 Å². The smallest absolute Gasteiger partial charge is 0.234 e. The van der Waals surface area contributed by atoms with E-state index in [-0.39, 0.29) is 18.0 Å². The van der Waals surface area contributed by atoms with E-state index < -0.39 is 0 Å². The van der Waals surface area contributed by atoms with Gasteiger partial charge in [-0.15, -0.1) is 0 Å². The molecule has 0 bridgehead atoms. The molecule has 0 aromatic heterocycles. The first-order chi connectivity index (χ1) is 6.61. The van der Waals surface area contributed by atoms with Crippen molar-refractivity contribution in [3.8, 4) is 0 Å². The Morgan fingerprint density at radius 2 is 2.43 bits per heavy atom. The maximum absolute atomic E-state index is 11.5. The van der Waals surface area contributed by atoms with Crippen LogP contribution in [0.1, 0.15) is 26.7 Å². The SMILES string of the molecule is CC[C@@H](C)NC(=O)CN1CC[C@H](N)C1. The number of nitrogens with one attached hydrogen (secondary N) is 1. The lowest BCUT2D eigenvalue weighted by Gasteiger charge is -2.17. The lowest BCUT2D eigenvalue weighted by atomic mass is 10.2. The van der Waals surface area contributed by atoms with Crippen LogP contribution in [0.3, 0.4) is 0 Å². The Labute approximate surface area is 85.8 Å². The fourth-order valence-corrected chi connectivity index (χ4v) is 1.63. The maximum atomic E-state index is 11.5. The molecule has 4 nitrogen and oxygen atoms in total. The molecule has 82 valence electrons. The van der Waals surface area contributed by atoms with Crippen molar-refractivity contribution in [2.45, 2.75) is 38.8 Å². The quantitative estimate of drug-likeness (QED) is 0.666. The lowest BCUT2D eigenvalue weighted by Crippen LogP contribution is -2.40. The summed E-state index contributed by atoms with van der Waals surface area (Å²) in [7, 11) is 0. The monoisotopic (exact) mass is 199 g/mol. The van der Waals surface area contributed by atoms with E-state index in [1.807, 2.05) is 6.92 Å². The van der Waals surface area contributed by atoms with Crippen LogP contribution in [0.5, 0.6) is 0 Å². The summed E-state index contributed by atoms with van der Waals surface area (Å²) < 4.78 is 0. The number of nitrogens with zero attached hydrogens (tertiary/aromatic N) is 1. The van der Waals surface area contributed by atoms with Gasteiger partial charge in [0.15, 0.2) is 0 Å². The summed E-state index contributed by atoms with van der Waals surface area (Å²) in [5.41, 5.74) is 5.75. The molecule has 0 aromatic carbocycles. The molecule has 1 aliphatic heterocycles.